The molecular weight excluding hydrogens is 403 g/mol. The van der Waals surface area contributed by atoms with Gasteiger partial charge >= 0.3 is 5.97 Å². The molecule has 0 fully saturated rings. The molecule has 2 unspecified atom stereocenters. The minimum Gasteiger partial charge on any atom is -0.488 e. The molecular formula is C21H18Cl2O5. The van der Waals surface area contributed by atoms with Gasteiger partial charge in [0, 0.05) is 15.6 Å². The maximum absolute atomic E-state index is 12.6. The number of Topliss-reactive ketones (excluding diaryl/α,β-unsaturated/α-hetero) is 1. The zero-order valence-corrected chi connectivity index (χ0v) is 17.0. The van der Waals surface area contributed by atoms with E-state index >= 15 is 0 Å². The van der Waals surface area contributed by atoms with Crippen LogP contribution in [0.5, 0.6) is 11.5 Å². The van der Waals surface area contributed by atoms with Gasteiger partial charge in [0.15, 0.2) is 5.78 Å². The summed E-state index contributed by atoms with van der Waals surface area (Å²) in [5, 5.41) is 0.924. The monoisotopic (exact) mass is 420 g/mol. The van der Waals surface area contributed by atoms with Crippen molar-refractivity contribution in [2.24, 2.45) is 5.92 Å². The van der Waals surface area contributed by atoms with Crippen LogP contribution in [-0.2, 0) is 19.1 Å². The molecule has 2 aromatic rings. The highest BCUT2D eigenvalue weighted by Crippen LogP contribution is 2.34. The fourth-order valence-corrected chi connectivity index (χ4v) is 3.31. The third-order valence-corrected chi connectivity index (χ3v) is 4.91. The van der Waals surface area contributed by atoms with Gasteiger partial charge in [0.2, 0.25) is 0 Å². The summed E-state index contributed by atoms with van der Waals surface area (Å²) in [4.78, 5) is 24.8. The van der Waals surface area contributed by atoms with Crippen molar-refractivity contribution in [1.29, 1.82) is 0 Å². The van der Waals surface area contributed by atoms with Crippen LogP contribution in [0.15, 0.2) is 48.0 Å². The Hall–Kier alpha value is -2.50. The first-order valence-corrected chi connectivity index (χ1v) is 9.33. The molecule has 0 aliphatic carbocycles. The number of esters is 1. The number of carbonyl (C=O) groups excluding carboxylic acids is 2. The first kappa shape index (κ1) is 20.2. The van der Waals surface area contributed by atoms with E-state index in [1.165, 1.54) is 7.11 Å². The zero-order valence-electron chi connectivity index (χ0n) is 15.5. The van der Waals surface area contributed by atoms with Gasteiger partial charge in [-0.3, -0.25) is 4.79 Å². The van der Waals surface area contributed by atoms with Gasteiger partial charge < -0.3 is 14.2 Å². The van der Waals surface area contributed by atoms with E-state index < -0.39 is 11.9 Å². The Morgan fingerprint density at radius 1 is 1.00 bits per heavy atom. The number of ketones is 1. The van der Waals surface area contributed by atoms with Crippen LogP contribution in [0.4, 0.5) is 0 Å². The van der Waals surface area contributed by atoms with Crippen LogP contribution in [0.3, 0.4) is 0 Å². The maximum Gasteiger partial charge on any atom is 0.345 e. The fraction of sp³-hybridized carbons (Fsp3) is 0.238. The van der Waals surface area contributed by atoms with Crippen LogP contribution >= 0.6 is 23.2 Å². The van der Waals surface area contributed by atoms with E-state index in [9.17, 15) is 9.59 Å². The largest absolute Gasteiger partial charge is 0.488 e. The van der Waals surface area contributed by atoms with E-state index in [-0.39, 0.29) is 23.2 Å². The number of rotatable bonds is 4. The highest BCUT2D eigenvalue weighted by Gasteiger charge is 2.38. The van der Waals surface area contributed by atoms with Crippen molar-refractivity contribution in [2.75, 3.05) is 7.11 Å². The van der Waals surface area contributed by atoms with Crippen LogP contribution in [0.25, 0.3) is 5.76 Å². The van der Waals surface area contributed by atoms with Gasteiger partial charge in [-0.15, -0.1) is 0 Å². The van der Waals surface area contributed by atoms with Gasteiger partial charge in [0.1, 0.15) is 28.9 Å². The van der Waals surface area contributed by atoms with E-state index in [4.69, 9.17) is 37.4 Å². The molecule has 3 rings (SSSR count). The molecule has 0 saturated heterocycles. The average molecular weight is 421 g/mol. The summed E-state index contributed by atoms with van der Waals surface area (Å²) in [7, 11) is 1.23. The molecule has 2 atom stereocenters. The molecule has 7 heteroatoms. The quantitative estimate of drug-likeness (QED) is 0.496. The summed E-state index contributed by atoms with van der Waals surface area (Å²) in [6.07, 6.45) is -0.361. The van der Waals surface area contributed by atoms with Crippen LogP contribution in [-0.4, -0.2) is 25.0 Å². The molecule has 146 valence electrons. The molecule has 28 heavy (non-hydrogen) atoms. The lowest BCUT2D eigenvalue weighted by molar-refractivity contribution is -0.139. The van der Waals surface area contributed by atoms with Crippen LogP contribution < -0.4 is 4.74 Å². The number of hydrogen-bond donors (Lipinski definition) is 0. The lowest BCUT2D eigenvalue weighted by Gasteiger charge is -2.29. The Kier molecular flexibility index (Phi) is 5.96. The highest BCUT2D eigenvalue weighted by atomic mass is 35.5. The lowest BCUT2D eigenvalue weighted by atomic mass is 9.89. The predicted molar refractivity (Wildman–Crippen MR) is 107 cm³/mol. The molecule has 0 amide bonds. The van der Waals surface area contributed by atoms with Crippen LogP contribution in [0.1, 0.15) is 19.4 Å². The summed E-state index contributed by atoms with van der Waals surface area (Å²) < 4.78 is 16.4. The van der Waals surface area contributed by atoms with Crippen molar-refractivity contribution in [3.63, 3.8) is 0 Å². The van der Waals surface area contributed by atoms with Crippen molar-refractivity contribution in [1.82, 2.24) is 0 Å². The highest BCUT2D eigenvalue weighted by molar-refractivity contribution is 6.34. The number of ether oxygens (including phenoxy) is 3. The summed E-state index contributed by atoms with van der Waals surface area (Å²) in [6.45, 7) is 3.51. The molecule has 0 N–H and O–H groups in total. The Morgan fingerprint density at radius 2 is 1.61 bits per heavy atom. The Bertz CT molecular complexity index is 930. The van der Waals surface area contributed by atoms with Crippen LogP contribution in [0.2, 0.25) is 10.0 Å². The molecule has 1 heterocycles. The molecule has 1 aliphatic rings. The summed E-state index contributed by atoms with van der Waals surface area (Å²) in [6, 6.07) is 11.7. The van der Waals surface area contributed by atoms with Crippen molar-refractivity contribution >= 4 is 40.7 Å². The Labute approximate surface area is 172 Å². The topological polar surface area (TPSA) is 61.8 Å². The maximum atomic E-state index is 12.6. The Balaban J connectivity index is 1.93. The molecule has 0 aromatic heterocycles. The molecule has 0 saturated carbocycles. The Morgan fingerprint density at radius 3 is 2.18 bits per heavy atom. The van der Waals surface area contributed by atoms with E-state index in [1.54, 1.807) is 56.3 Å². The minimum atomic E-state index is -0.715. The van der Waals surface area contributed by atoms with Crippen molar-refractivity contribution in [3.05, 3.63) is 63.6 Å². The van der Waals surface area contributed by atoms with Crippen molar-refractivity contribution in [2.45, 2.75) is 20.0 Å². The number of benzene rings is 2. The minimum absolute atomic E-state index is 0.0802. The van der Waals surface area contributed by atoms with Crippen molar-refractivity contribution in [3.8, 4) is 11.5 Å². The molecule has 2 aromatic carbocycles. The second-order valence-corrected chi connectivity index (χ2v) is 7.28. The SMILES string of the molecule is COC(=O)C1=C(c2ccc(Oc3cc(Cl)cc(Cl)c3)cc2)OC(C)C(C)C1=O. The molecule has 0 spiro atoms. The molecule has 0 radical (unpaired) electrons. The molecule has 0 bridgehead atoms. The second kappa shape index (κ2) is 8.25. The number of methoxy groups -OCH3 is 1. The number of carbonyl (C=O) groups is 2. The summed E-state index contributed by atoms with van der Waals surface area (Å²) >= 11 is 12.0. The smallest absolute Gasteiger partial charge is 0.345 e. The third-order valence-electron chi connectivity index (χ3n) is 4.47. The molecule has 5 nitrogen and oxygen atoms in total. The second-order valence-electron chi connectivity index (χ2n) is 6.40. The van der Waals surface area contributed by atoms with E-state index in [2.05, 4.69) is 0 Å². The standard InChI is InChI=1S/C21H18Cl2O5/c1-11-12(2)27-20(18(19(11)24)21(25)26-3)13-4-6-16(7-5-13)28-17-9-14(22)8-15(23)10-17/h4-12H,1-3H3. The number of halogens is 2. The average Bonchev–Trinajstić information content (AvgIpc) is 2.65. The summed E-state index contributed by atoms with van der Waals surface area (Å²) in [5.74, 6) is -0.216. The molecule has 1 aliphatic heterocycles. The van der Waals surface area contributed by atoms with E-state index in [0.717, 1.165) is 0 Å². The van der Waals surface area contributed by atoms with Crippen LogP contribution in [0, 0.1) is 5.92 Å². The van der Waals surface area contributed by atoms with Gasteiger partial charge in [0.05, 0.1) is 13.0 Å². The van der Waals surface area contributed by atoms with Crippen molar-refractivity contribution < 1.29 is 23.8 Å². The van der Waals surface area contributed by atoms with Gasteiger partial charge in [-0.25, -0.2) is 4.79 Å². The number of hydrogen-bond acceptors (Lipinski definition) is 5. The van der Waals surface area contributed by atoms with Gasteiger partial charge in [0.25, 0.3) is 0 Å². The lowest BCUT2D eigenvalue weighted by Crippen LogP contribution is -2.35. The third kappa shape index (κ3) is 4.16. The summed E-state index contributed by atoms with van der Waals surface area (Å²) in [5.41, 5.74) is 0.493. The van der Waals surface area contributed by atoms with Gasteiger partial charge in [-0.2, -0.15) is 0 Å². The zero-order chi connectivity index (χ0) is 20.4. The van der Waals surface area contributed by atoms with Gasteiger partial charge in [-0.05, 0) is 49.4 Å². The normalized spacial score (nSPS) is 19.2. The fourth-order valence-electron chi connectivity index (χ4n) is 2.81. The first-order valence-electron chi connectivity index (χ1n) is 8.58. The van der Waals surface area contributed by atoms with E-state index in [0.29, 0.717) is 27.1 Å². The van der Waals surface area contributed by atoms with Gasteiger partial charge in [-0.1, -0.05) is 30.1 Å². The first-order chi connectivity index (χ1) is 13.3. The predicted octanol–water partition coefficient (Wildman–Crippen LogP) is 5.29. The van der Waals surface area contributed by atoms with E-state index in [1.807, 2.05) is 0 Å².